The van der Waals surface area contributed by atoms with Crippen LogP contribution in [-0.2, 0) is 10.0 Å². The minimum atomic E-state index is -3.50. The number of ether oxygens (including phenoxy) is 1. The summed E-state index contributed by atoms with van der Waals surface area (Å²) in [6.07, 6.45) is 2.85. The van der Waals surface area contributed by atoms with Crippen molar-refractivity contribution in [3.05, 3.63) is 95.6 Å². The van der Waals surface area contributed by atoms with Gasteiger partial charge in [-0.25, -0.2) is 8.42 Å². The second-order valence-corrected chi connectivity index (χ2v) is 11.6. The van der Waals surface area contributed by atoms with Gasteiger partial charge < -0.3 is 24.6 Å². The summed E-state index contributed by atoms with van der Waals surface area (Å²) >= 11 is 5.87. The molecule has 2 atom stereocenters. The lowest BCUT2D eigenvalue weighted by Crippen LogP contribution is -2.29. The van der Waals surface area contributed by atoms with E-state index in [1.165, 1.54) is 7.11 Å². The van der Waals surface area contributed by atoms with E-state index in [0.717, 1.165) is 40.3 Å². The van der Waals surface area contributed by atoms with Crippen LogP contribution in [-0.4, -0.2) is 41.6 Å². The molecule has 0 spiro atoms. The van der Waals surface area contributed by atoms with Gasteiger partial charge in [-0.3, -0.25) is 9.71 Å². The maximum Gasteiger partial charge on any atom is 0.229 e. The standard InChI is InChI=1S/C28H29N5O4S2/c1-17-15-22(18(2)32(17)19-8-11-21(34)12-9-19)27-26(24-7-5-6-14-29-24)30-28(38)33(27)20-10-13-23(25(16-20)37-3)31-39(4,35)36/h5-16,26-27,31,34H,1-4H3,(H,30,38)/t26-,27+/m1/s1. The van der Waals surface area contributed by atoms with Crippen molar-refractivity contribution in [3.63, 3.8) is 0 Å². The highest BCUT2D eigenvalue weighted by atomic mass is 32.2. The van der Waals surface area contributed by atoms with E-state index in [2.05, 4.69) is 32.6 Å². The minimum absolute atomic E-state index is 0.205. The van der Waals surface area contributed by atoms with Crippen LogP contribution in [0.5, 0.6) is 11.5 Å². The largest absolute Gasteiger partial charge is 0.508 e. The summed E-state index contributed by atoms with van der Waals surface area (Å²) in [5.41, 5.74) is 5.93. The first-order valence-corrected chi connectivity index (χ1v) is 14.5. The Hall–Kier alpha value is -4.09. The fourth-order valence-electron chi connectivity index (χ4n) is 5.15. The van der Waals surface area contributed by atoms with Crippen LogP contribution in [0.1, 0.15) is 34.7 Å². The molecule has 2 aromatic heterocycles. The van der Waals surface area contributed by atoms with Crippen LogP contribution in [0.15, 0.2) is 72.9 Å². The van der Waals surface area contributed by atoms with E-state index < -0.39 is 10.0 Å². The molecule has 4 aromatic rings. The fraction of sp³-hybridized carbons (Fsp3) is 0.214. The molecule has 0 bridgehead atoms. The van der Waals surface area contributed by atoms with Crippen LogP contribution in [0.2, 0.25) is 0 Å². The van der Waals surface area contributed by atoms with Gasteiger partial charge in [0.05, 0.1) is 36.8 Å². The van der Waals surface area contributed by atoms with Crippen molar-refractivity contribution in [1.29, 1.82) is 0 Å². The average molecular weight is 564 g/mol. The zero-order valence-corrected chi connectivity index (χ0v) is 23.5. The molecule has 0 radical (unpaired) electrons. The van der Waals surface area contributed by atoms with Crippen molar-refractivity contribution in [3.8, 4) is 17.2 Å². The van der Waals surface area contributed by atoms with Gasteiger partial charge in [-0.2, -0.15) is 0 Å². The van der Waals surface area contributed by atoms with Gasteiger partial charge in [0, 0.05) is 35.0 Å². The van der Waals surface area contributed by atoms with Crippen molar-refractivity contribution in [2.75, 3.05) is 23.0 Å². The molecule has 1 aliphatic rings. The molecule has 1 fully saturated rings. The normalized spacial score (nSPS) is 17.2. The summed E-state index contributed by atoms with van der Waals surface area (Å²) in [6.45, 7) is 4.10. The lowest BCUT2D eigenvalue weighted by molar-refractivity contribution is 0.417. The first kappa shape index (κ1) is 26.5. The Morgan fingerprint density at radius 1 is 1.05 bits per heavy atom. The number of aromatic nitrogens is 2. The highest BCUT2D eigenvalue weighted by Gasteiger charge is 2.42. The molecule has 1 aliphatic heterocycles. The summed E-state index contributed by atoms with van der Waals surface area (Å²) in [5.74, 6) is 0.575. The van der Waals surface area contributed by atoms with Crippen molar-refractivity contribution in [2.24, 2.45) is 0 Å². The van der Waals surface area contributed by atoms with E-state index in [1.807, 2.05) is 48.2 Å². The van der Waals surface area contributed by atoms with Crippen LogP contribution in [0.3, 0.4) is 0 Å². The maximum atomic E-state index is 11.9. The number of benzene rings is 2. The number of thiocarbonyl (C=S) groups is 1. The minimum Gasteiger partial charge on any atom is -0.508 e. The quantitative estimate of drug-likeness (QED) is 0.277. The van der Waals surface area contributed by atoms with E-state index in [1.54, 1.807) is 30.5 Å². The van der Waals surface area contributed by atoms with E-state index in [-0.39, 0.29) is 17.8 Å². The number of rotatable bonds is 7. The topological polar surface area (TPSA) is 109 Å². The predicted octanol–water partition coefficient (Wildman–Crippen LogP) is 4.75. The van der Waals surface area contributed by atoms with E-state index in [9.17, 15) is 13.5 Å². The Kier molecular flexibility index (Phi) is 6.96. The number of nitrogens with one attached hydrogen (secondary N) is 2. The molecular weight excluding hydrogens is 534 g/mol. The summed E-state index contributed by atoms with van der Waals surface area (Å²) in [6, 6.07) is 19.7. The molecule has 0 unspecified atom stereocenters. The van der Waals surface area contributed by atoms with Crippen molar-refractivity contribution in [1.82, 2.24) is 14.9 Å². The zero-order chi connectivity index (χ0) is 27.9. The first-order chi connectivity index (χ1) is 18.6. The smallest absolute Gasteiger partial charge is 0.229 e. The molecule has 1 saturated heterocycles. The lowest BCUT2D eigenvalue weighted by atomic mass is 9.96. The van der Waals surface area contributed by atoms with Crippen molar-refractivity contribution < 1.29 is 18.3 Å². The summed E-state index contributed by atoms with van der Waals surface area (Å²) in [4.78, 5) is 6.65. The Morgan fingerprint density at radius 2 is 1.77 bits per heavy atom. The van der Waals surface area contributed by atoms with Gasteiger partial charge in [-0.1, -0.05) is 6.07 Å². The predicted molar refractivity (Wildman–Crippen MR) is 156 cm³/mol. The molecule has 11 heteroatoms. The van der Waals surface area contributed by atoms with Gasteiger partial charge in [-0.05, 0) is 86.2 Å². The second-order valence-electron chi connectivity index (χ2n) is 9.43. The monoisotopic (exact) mass is 563 g/mol. The van der Waals surface area contributed by atoms with Gasteiger partial charge >= 0.3 is 0 Å². The highest BCUT2D eigenvalue weighted by Crippen LogP contribution is 2.45. The van der Waals surface area contributed by atoms with Crippen molar-refractivity contribution >= 4 is 38.7 Å². The van der Waals surface area contributed by atoms with Crippen LogP contribution in [0, 0.1) is 13.8 Å². The number of methoxy groups -OCH3 is 1. The first-order valence-electron chi connectivity index (χ1n) is 12.2. The zero-order valence-electron chi connectivity index (χ0n) is 21.9. The van der Waals surface area contributed by atoms with Crippen molar-refractivity contribution in [2.45, 2.75) is 25.9 Å². The maximum absolute atomic E-state index is 11.9. The van der Waals surface area contributed by atoms with Gasteiger partial charge in [0.2, 0.25) is 10.0 Å². The number of aromatic hydroxyl groups is 1. The molecule has 0 aliphatic carbocycles. The molecule has 2 aromatic carbocycles. The number of aryl methyl sites for hydroxylation is 1. The number of sulfonamides is 1. The van der Waals surface area contributed by atoms with Crippen LogP contribution < -0.4 is 19.7 Å². The molecule has 39 heavy (non-hydrogen) atoms. The molecule has 0 saturated carbocycles. The SMILES string of the molecule is COc1cc(N2C(=S)N[C@H](c3ccccn3)[C@@H]2c2cc(C)n(-c3ccc(O)cc3)c2C)ccc1NS(C)(=O)=O. The number of hydrogen-bond donors (Lipinski definition) is 3. The van der Waals surface area contributed by atoms with Crippen LogP contribution in [0.25, 0.3) is 5.69 Å². The Balaban J connectivity index is 1.66. The molecule has 3 N–H and O–H groups in total. The Bertz CT molecular complexity index is 1640. The number of pyridine rings is 1. The molecule has 5 rings (SSSR count). The number of anilines is 2. The third-order valence-electron chi connectivity index (χ3n) is 6.75. The van der Waals surface area contributed by atoms with Gasteiger partial charge in [0.1, 0.15) is 11.5 Å². The molecule has 202 valence electrons. The van der Waals surface area contributed by atoms with Gasteiger partial charge in [0.15, 0.2) is 5.11 Å². The molecule has 0 amide bonds. The van der Waals surface area contributed by atoms with E-state index >= 15 is 0 Å². The summed E-state index contributed by atoms with van der Waals surface area (Å²) < 4.78 is 33.9. The Labute approximate surface area is 233 Å². The van der Waals surface area contributed by atoms with Crippen LogP contribution in [0.4, 0.5) is 11.4 Å². The average Bonchev–Trinajstić information content (AvgIpc) is 3.39. The number of phenols is 1. The highest BCUT2D eigenvalue weighted by molar-refractivity contribution is 7.92. The molecule has 9 nitrogen and oxygen atoms in total. The third-order valence-corrected chi connectivity index (χ3v) is 7.66. The Morgan fingerprint density at radius 3 is 2.41 bits per heavy atom. The number of phenolic OH excluding ortho intramolecular Hbond substituents is 1. The van der Waals surface area contributed by atoms with Gasteiger partial charge in [0.25, 0.3) is 0 Å². The molecular formula is C28H29N5O4S2. The summed E-state index contributed by atoms with van der Waals surface area (Å²) in [7, 11) is -2.00. The van der Waals surface area contributed by atoms with E-state index in [4.69, 9.17) is 17.0 Å². The summed E-state index contributed by atoms with van der Waals surface area (Å²) in [5, 5.41) is 13.8. The van der Waals surface area contributed by atoms with Gasteiger partial charge in [-0.15, -0.1) is 0 Å². The fourth-order valence-corrected chi connectivity index (χ4v) is 6.06. The van der Waals surface area contributed by atoms with E-state index in [0.29, 0.717) is 16.5 Å². The third kappa shape index (κ3) is 5.15. The second kappa shape index (κ2) is 10.2. The van der Waals surface area contributed by atoms with Crippen LogP contribution >= 0.6 is 12.2 Å². The molecule has 3 heterocycles. The lowest BCUT2D eigenvalue weighted by Gasteiger charge is -2.29. The number of nitrogens with zero attached hydrogens (tertiary/aromatic N) is 3. The number of hydrogen-bond acceptors (Lipinski definition) is 6.